The summed E-state index contributed by atoms with van der Waals surface area (Å²) >= 11 is 0. The fourth-order valence-electron chi connectivity index (χ4n) is 7.05. The highest BCUT2D eigenvalue weighted by Crippen LogP contribution is 2.38. The number of carbonyl (C=O) groups excluding carboxylic acids is 2. The number of nitrogens with one attached hydrogen (secondary N) is 1. The van der Waals surface area contributed by atoms with Gasteiger partial charge in [-0.2, -0.15) is 0 Å². The molecule has 3 rings (SSSR count). The van der Waals surface area contributed by atoms with E-state index in [1.165, 1.54) is 0 Å². The summed E-state index contributed by atoms with van der Waals surface area (Å²) in [6.07, 6.45) is 8.73. The third kappa shape index (κ3) is 12.4. The van der Waals surface area contributed by atoms with Gasteiger partial charge in [0.1, 0.15) is 11.7 Å². The Morgan fingerprint density at radius 1 is 1.25 bits per heavy atom. The van der Waals surface area contributed by atoms with Gasteiger partial charge < -0.3 is 44.5 Å². The molecule has 0 radical (unpaired) electrons. The van der Waals surface area contributed by atoms with Crippen molar-refractivity contribution < 1.29 is 43.9 Å². The highest BCUT2D eigenvalue weighted by atomic mass is 16.6. The fraction of sp³-hybridized carbons (Fsp3) is 0.800. The SMILES string of the molecule is CCC(O)C(C)C1OC1CC(C)(O)/C=C/C=C(\C)C1OC(=O)CC(O)CCC(C)(OC)C(OC(=O)N2CCCNC(C(C)(C)CC)C2)/C=C/C1C. The van der Waals surface area contributed by atoms with Gasteiger partial charge in [0.2, 0.25) is 0 Å². The number of allylic oxidation sites excluding steroid dienone is 2. The first-order valence-corrected chi connectivity index (χ1v) is 19.1. The molecule has 0 aromatic carbocycles. The zero-order chi connectivity index (χ0) is 38.1. The fourth-order valence-corrected chi connectivity index (χ4v) is 7.05. The molecule has 4 N–H and O–H groups in total. The molecule has 2 saturated heterocycles. The standard InChI is InChI=1S/C40H68N2O9/c1-11-30(44)28(5)36-31(49-36)24-39(8,47)19-13-15-26(3)35-27(4)16-17-33(40(9,48-10)20-18-29(43)23-34(45)51-35)50-37(46)42-22-14-21-41-32(25-42)38(6,7)12-2/h13,15-17,19,27-33,35-36,41,43-44,47H,11-12,14,18,20-25H2,1-10H3/b17-16+,19-13+,26-15+. The van der Waals surface area contributed by atoms with Crippen molar-refractivity contribution in [3.8, 4) is 0 Å². The Labute approximate surface area is 306 Å². The summed E-state index contributed by atoms with van der Waals surface area (Å²) in [5.41, 5.74) is -1.38. The summed E-state index contributed by atoms with van der Waals surface area (Å²) in [5.74, 6) is -0.853. The van der Waals surface area contributed by atoms with Crippen molar-refractivity contribution in [1.82, 2.24) is 10.2 Å². The van der Waals surface area contributed by atoms with Crippen molar-refractivity contribution in [2.75, 3.05) is 26.7 Å². The van der Waals surface area contributed by atoms with Gasteiger partial charge in [-0.05, 0) is 76.5 Å². The first-order valence-electron chi connectivity index (χ1n) is 19.1. The molecule has 0 aliphatic carbocycles. The lowest BCUT2D eigenvalue weighted by atomic mass is 9.81. The molecule has 11 nitrogen and oxygen atoms in total. The summed E-state index contributed by atoms with van der Waals surface area (Å²) in [6, 6.07) is 0.124. The van der Waals surface area contributed by atoms with Crippen LogP contribution in [0.5, 0.6) is 0 Å². The molecule has 11 atom stereocenters. The predicted molar refractivity (Wildman–Crippen MR) is 198 cm³/mol. The third-order valence-corrected chi connectivity index (χ3v) is 11.6. The van der Waals surface area contributed by atoms with E-state index in [0.717, 1.165) is 25.0 Å². The first kappa shape index (κ1) is 43.1. The zero-order valence-corrected chi connectivity index (χ0v) is 32.9. The van der Waals surface area contributed by atoms with Gasteiger partial charge in [0.15, 0.2) is 6.10 Å². The predicted octanol–water partition coefficient (Wildman–Crippen LogP) is 5.46. The van der Waals surface area contributed by atoms with Crippen LogP contribution in [-0.4, -0.2) is 113 Å². The minimum Gasteiger partial charge on any atom is -0.457 e. The normalized spacial score (nSPS) is 34.7. The van der Waals surface area contributed by atoms with Crippen LogP contribution in [0.25, 0.3) is 0 Å². The van der Waals surface area contributed by atoms with E-state index in [-0.39, 0.29) is 48.3 Å². The second kappa shape index (κ2) is 18.7. The Bertz CT molecular complexity index is 1230. The maximum Gasteiger partial charge on any atom is 0.410 e. The molecule has 11 heteroatoms. The Kier molecular flexibility index (Phi) is 15.8. The molecule has 2 fully saturated rings. The van der Waals surface area contributed by atoms with Crippen LogP contribution >= 0.6 is 0 Å². The highest BCUT2D eigenvalue weighted by Gasteiger charge is 2.47. The van der Waals surface area contributed by atoms with Crippen LogP contribution in [-0.2, 0) is 23.7 Å². The van der Waals surface area contributed by atoms with Gasteiger partial charge in [-0.3, -0.25) is 4.79 Å². The van der Waals surface area contributed by atoms with E-state index in [9.17, 15) is 24.9 Å². The number of esters is 1. The zero-order valence-electron chi connectivity index (χ0n) is 32.9. The molecular weight excluding hydrogens is 652 g/mol. The Balaban J connectivity index is 1.81. The number of carbonyl (C=O) groups is 2. The number of cyclic esters (lactones) is 1. The van der Waals surface area contributed by atoms with E-state index in [2.05, 4.69) is 26.1 Å². The van der Waals surface area contributed by atoms with Crippen LogP contribution in [0, 0.1) is 17.3 Å². The van der Waals surface area contributed by atoms with Gasteiger partial charge in [0, 0.05) is 44.5 Å². The maximum atomic E-state index is 13.8. The average Bonchev–Trinajstić information content (AvgIpc) is 3.88. The minimum atomic E-state index is -1.15. The number of rotatable bonds is 12. The van der Waals surface area contributed by atoms with E-state index in [1.54, 1.807) is 31.1 Å². The largest absolute Gasteiger partial charge is 0.457 e. The van der Waals surface area contributed by atoms with Crippen molar-refractivity contribution in [1.29, 1.82) is 0 Å². The molecule has 3 aliphatic rings. The molecule has 0 spiro atoms. The van der Waals surface area contributed by atoms with Crippen LogP contribution in [0.2, 0.25) is 0 Å². The summed E-state index contributed by atoms with van der Waals surface area (Å²) in [7, 11) is 1.57. The number of hydrogen-bond acceptors (Lipinski definition) is 10. The van der Waals surface area contributed by atoms with Gasteiger partial charge in [-0.25, -0.2) is 4.79 Å². The van der Waals surface area contributed by atoms with Crippen LogP contribution < -0.4 is 5.32 Å². The molecule has 0 bridgehead atoms. The number of aliphatic hydroxyl groups excluding tert-OH is 2. The second-order valence-corrected chi connectivity index (χ2v) is 16.3. The van der Waals surface area contributed by atoms with E-state index < -0.39 is 47.7 Å². The summed E-state index contributed by atoms with van der Waals surface area (Å²) in [4.78, 5) is 28.6. The topological polar surface area (TPSA) is 150 Å². The quantitative estimate of drug-likeness (QED) is 0.0886. The van der Waals surface area contributed by atoms with Gasteiger partial charge >= 0.3 is 12.1 Å². The third-order valence-electron chi connectivity index (χ3n) is 11.6. The van der Waals surface area contributed by atoms with Crippen LogP contribution in [0.1, 0.15) is 107 Å². The van der Waals surface area contributed by atoms with Crippen molar-refractivity contribution in [2.45, 2.75) is 161 Å². The lowest BCUT2D eigenvalue weighted by Gasteiger charge is -2.38. The van der Waals surface area contributed by atoms with Gasteiger partial charge in [-0.1, -0.05) is 65.8 Å². The van der Waals surface area contributed by atoms with Gasteiger partial charge in [0.25, 0.3) is 0 Å². The van der Waals surface area contributed by atoms with E-state index >= 15 is 0 Å². The van der Waals surface area contributed by atoms with E-state index in [1.807, 2.05) is 52.8 Å². The summed E-state index contributed by atoms with van der Waals surface area (Å²) in [6.45, 7) is 19.8. The van der Waals surface area contributed by atoms with Crippen molar-refractivity contribution in [3.63, 3.8) is 0 Å². The number of aliphatic hydroxyl groups is 3. The highest BCUT2D eigenvalue weighted by molar-refractivity contribution is 5.70. The number of methoxy groups -OCH3 is 1. The Morgan fingerprint density at radius 3 is 2.61 bits per heavy atom. The van der Waals surface area contributed by atoms with Crippen molar-refractivity contribution in [2.24, 2.45) is 17.3 Å². The number of hydrogen-bond donors (Lipinski definition) is 4. The first-order chi connectivity index (χ1) is 23.9. The number of epoxide rings is 1. The Hall–Kier alpha value is -2.28. The summed E-state index contributed by atoms with van der Waals surface area (Å²) in [5, 5.41) is 35.7. The van der Waals surface area contributed by atoms with E-state index in [0.29, 0.717) is 32.4 Å². The van der Waals surface area contributed by atoms with Crippen LogP contribution in [0.3, 0.4) is 0 Å². The second-order valence-electron chi connectivity index (χ2n) is 16.3. The number of amides is 1. The van der Waals surface area contributed by atoms with E-state index in [4.69, 9.17) is 18.9 Å². The number of nitrogens with zero attached hydrogens (tertiary/aromatic N) is 1. The Morgan fingerprint density at radius 2 is 1.96 bits per heavy atom. The molecule has 11 unspecified atom stereocenters. The molecule has 3 heterocycles. The van der Waals surface area contributed by atoms with Gasteiger partial charge in [-0.15, -0.1) is 0 Å². The molecule has 3 aliphatic heterocycles. The molecule has 51 heavy (non-hydrogen) atoms. The van der Waals surface area contributed by atoms with Crippen molar-refractivity contribution in [3.05, 3.63) is 36.0 Å². The summed E-state index contributed by atoms with van der Waals surface area (Å²) < 4.78 is 24.0. The lowest BCUT2D eigenvalue weighted by Crippen LogP contribution is -2.50. The molecule has 0 aromatic heterocycles. The molecular formula is C40H68N2O9. The van der Waals surface area contributed by atoms with Crippen LogP contribution in [0.4, 0.5) is 4.79 Å². The maximum absolute atomic E-state index is 13.8. The smallest absolute Gasteiger partial charge is 0.410 e. The van der Waals surface area contributed by atoms with Gasteiger partial charge in [0.05, 0.1) is 36.4 Å². The van der Waals surface area contributed by atoms with Crippen LogP contribution in [0.15, 0.2) is 36.0 Å². The monoisotopic (exact) mass is 720 g/mol. The lowest BCUT2D eigenvalue weighted by molar-refractivity contribution is -0.151. The molecule has 0 aromatic rings. The van der Waals surface area contributed by atoms with Crippen molar-refractivity contribution >= 4 is 12.1 Å². The number of ether oxygens (including phenoxy) is 4. The molecule has 292 valence electrons. The average molecular weight is 721 g/mol. The molecule has 1 amide bonds. The minimum absolute atomic E-state index is 0.00248. The molecule has 0 saturated carbocycles.